The molecule has 0 saturated carbocycles. The Morgan fingerprint density at radius 2 is 1.88 bits per heavy atom. The number of fused-ring (bicyclic) bond motifs is 1. The van der Waals surface area contributed by atoms with E-state index in [1.54, 1.807) is 41.0 Å². The van der Waals surface area contributed by atoms with Crippen LogP contribution in [0.4, 0.5) is 5.69 Å². The van der Waals surface area contributed by atoms with Gasteiger partial charge in [0.15, 0.2) is 0 Å². The number of carbonyl (C=O) groups excluding carboxylic acids is 2. The molecule has 1 aromatic carbocycles. The van der Waals surface area contributed by atoms with Gasteiger partial charge in [0.1, 0.15) is 6.04 Å². The van der Waals surface area contributed by atoms with Gasteiger partial charge in [-0.15, -0.1) is 0 Å². The van der Waals surface area contributed by atoms with Crippen LogP contribution in [0.5, 0.6) is 0 Å². The van der Waals surface area contributed by atoms with E-state index >= 15 is 0 Å². The lowest BCUT2D eigenvalue weighted by Gasteiger charge is -2.23. The van der Waals surface area contributed by atoms with Gasteiger partial charge in [0.2, 0.25) is 21.8 Å². The molecule has 2 aliphatic heterocycles. The third kappa shape index (κ3) is 4.54. The predicted molar refractivity (Wildman–Crippen MR) is 120 cm³/mol. The minimum absolute atomic E-state index is 0.220. The lowest BCUT2D eigenvalue weighted by atomic mass is 10.1. The average Bonchev–Trinajstić information content (AvgIpc) is 2.96. The molecular weight excluding hydrogens is 428 g/mol. The minimum Gasteiger partial charge on any atom is -0.350 e. The van der Waals surface area contributed by atoms with Gasteiger partial charge in [-0.05, 0) is 48.2 Å². The molecule has 4 rings (SSSR count). The van der Waals surface area contributed by atoms with Crippen molar-refractivity contribution in [1.29, 1.82) is 0 Å². The molecule has 3 heterocycles. The fourth-order valence-corrected chi connectivity index (χ4v) is 6.00. The predicted octanol–water partition coefficient (Wildman–Crippen LogP) is 2.24. The number of sulfonamides is 1. The SMILES string of the molecule is CC(=O)N1c2ccc(S(=O)(=O)N3CCCCCC3)cc2C[C@@H]1C(=O)NCc1cccnc1. The number of aromatic nitrogens is 1. The maximum absolute atomic E-state index is 13.2. The molecule has 32 heavy (non-hydrogen) atoms. The molecule has 0 aliphatic carbocycles. The first kappa shape index (κ1) is 22.4. The van der Waals surface area contributed by atoms with Crippen molar-refractivity contribution in [2.45, 2.75) is 56.5 Å². The summed E-state index contributed by atoms with van der Waals surface area (Å²) in [4.78, 5) is 31.0. The highest BCUT2D eigenvalue weighted by Crippen LogP contribution is 2.35. The summed E-state index contributed by atoms with van der Waals surface area (Å²) in [7, 11) is -3.61. The fraction of sp³-hybridized carbons (Fsp3) is 0.435. The largest absolute Gasteiger partial charge is 0.350 e. The van der Waals surface area contributed by atoms with Crippen LogP contribution in [0.25, 0.3) is 0 Å². The molecule has 9 heteroatoms. The van der Waals surface area contributed by atoms with Gasteiger partial charge < -0.3 is 5.32 Å². The van der Waals surface area contributed by atoms with E-state index in [2.05, 4.69) is 10.3 Å². The van der Waals surface area contributed by atoms with E-state index in [0.29, 0.717) is 30.9 Å². The molecule has 0 radical (unpaired) electrons. The number of nitrogens with zero attached hydrogens (tertiary/aromatic N) is 3. The van der Waals surface area contributed by atoms with Crippen LogP contribution in [0.3, 0.4) is 0 Å². The summed E-state index contributed by atoms with van der Waals surface area (Å²) in [5.74, 6) is -0.536. The van der Waals surface area contributed by atoms with Gasteiger partial charge in [-0.3, -0.25) is 19.5 Å². The maximum Gasteiger partial charge on any atom is 0.243 e. The minimum atomic E-state index is -3.61. The van der Waals surface area contributed by atoms with Crippen LogP contribution in [0.15, 0.2) is 47.6 Å². The Morgan fingerprint density at radius 3 is 2.53 bits per heavy atom. The third-order valence-corrected chi connectivity index (χ3v) is 7.96. The molecule has 1 N–H and O–H groups in total. The Kier molecular flexibility index (Phi) is 6.57. The van der Waals surface area contributed by atoms with Crippen molar-refractivity contribution >= 4 is 27.5 Å². The zero-order valence-electron chi connectivity index (χ0n) is 18.2. The molecule has 170 valence electrons. The number of benzene rings is 1. The van der Waals surface area contributed by atoms with Gasteiger partial charge in [-0.1, -0.05) is 18.9 Å². The number of rotatable bonds is 5. The molecule has 1 atom stereocenters. The first-order valence-corrected chi connectivity index (χ1v) is 12.4. The number of hydrogen-bond donors (Lipinski definition) is 1. The average molecular weight is 457 g/mol. The van der Waals surface area contributed by atoms with Crippen molar-refractivity contribution in [3.05, 3.63) is 53.9 Å². The molecule has 2 aliphatic rings. The van der Waals surface area contributed by atoms with Crippen LogP contribution in [0.1, 0.15) is 43.7 Å². The van der Waals surface area contributed by atoms with E-state index < -0.39 is 16.1 Å². The third-order valence-electron chi connectivity index (χ3n) is 6.07. The van der Waals surface area contributed by atoms with Crippen LogP contribution in [-0.4, -0.2) is 48.7 Å². The Hall–Kier alpha value is -2.78. The monoisotopic (exact) mass is 456 g/mol. The van der Waals surface area contributed by atoms with E-state index in [9.17, 15) is 18.0 Å². The molecule has 1 fully saturated rings. The Balaban J connectivity index is 1.55. The quantitative estimate of drug-likeness (QED) is 0.744. The Labute approximate surface area is 188 Å². The number of nitrogens with one attached hydrogen (secondary N) is 1. The number of hydrogen-bond acceptors (Lipinski definition) is 5. The highest BCUT2D eigenvalue weighted by atomic mass is 32.2. The van der Waals surface area contributed by atoms with Gasteiger partial charge in [-0.2, -0.15) is 4.31 Å². The fourth-order valence-electron chi connectivity index (χ4n) is 4.43. The standard InChI is InChI=1S/C23H28N4O4S/c1-17(28)27-21-9-8-20(32(30,31)26-11-4-2-3-5-12-26)13-19(21)14-22(27)23(29)25-16-18-7-6-10-24-15-18/h6-10,13,15,22H,2-5,11-12,14,16H2,1H3,(H,25,29)/t22-/m1/s1. The summed E-state index contributed by atoms with van der Waals surface area (Å²) in [5.41, 5.74) is 2.14. The second-order valence-corrected chi connectivity index (χ2v) is 10.2. The summed E-state index contributed by atoms with van der Waals surface area (Å²) in [6.07, 6.45) is 7.42. The van der Waals surface area contributed by atoms with Crippen molar-refractivity contribution < 1.29 is 18.0 Å². The number of amides is 2. The van der Waals surface area contributed by atoms with Crippen LogP contribution < -0.4 is 10.2 Å². The van der Waals surface area contributed by atoms with Gasteiger partial charge in [-0.25, -0.2) is 8.42 Å². The molecule has 8 nitrogen and oxygen atoms in total. The van der Waals surface area contributed by atoms with Gasteiger partial charge in [0.25, 0.3) is 0 Å². The van der Waals surface area contributed by atoms with E-state index in [1.807, 2.05) is 6.07 Å². The van der Waals surface area contributed by atoms with Crippen molar-refractivity contribution in [3.63, 3.8) is 0 Å². The molecular formula is C23H28N4O4S. The lowest BCUT2D eigenvalue weighted by Crippen LogP contribution is -2.47. The van der Waals surface area contributed by atoms with Crippen molar-refractivity contribution in [1.82, 2.24) is 14.6 Å². The molecule has 0 spiro atoms. The number of anilines is 1. The van der Waals surface area contributed by atoms with E-state index in [0.717, 1.165) is 31.2 Å². The normalized spacial score (nSPS) is 19.3. The van der Waals surface area contributed by atoms with Gasteiger partial charge in [0.05, 0.1) is 4.90 Å². The summed E-state index contributed by atoms with van der Waals surface area (Å²) in [6, 6.07) is 7.76. The zero-order valence-corrected chi connectivity index (χ0v) is 19.0. The smallest absolute Gasteiger partial charge is 0.243 e. The second kappa shape index (κ2) is 9.38. The molecule has 1 saturated heterocycles. The molecule has 2 amide bonds. The summed E-state index contributed by atoms with van der Waals surface area (Å²) in [6.45, 7) is 2.77. The van der Waals surface area contributed by atoms with Crippen molar-refractivity contribution in [3.8, 4) is 0 Å². The summed E-state index contributed by atoms with van der Waals surface area (Å²) in [5, 5.41) is 2.86. The van der Waals surface area contributed by atoms with E-state index in [1.165, 1.54) is 11.8 Å². The van der Waals surface area contributed by atoms with Gasteiger partial charge in [0, 0.05) is 51.1 Å². The summed E-state index contributed by atoms with van der Waals surface area (Å²) >= 11 is 0. The lowest BCUT2D eigenvalue weighted by molar-refractivity contribution is -0.125. The topological polar surface area (TPSA) is 99.7 Å². The molecule has 0 bridgehead atoms. The first-order chi connectivity index (χ1) is 15.4. The van der Waals surface area contributed by atoms with Gasteiger partial charge >= 0.3 is 0 Å². The van der Waals surface area contributed by atoms with Crippen LogP contribution >= 0.6 is 0 Å². The number of pyridine rings is 1. The number of carbonyl (C=O) groups is 2. The van der Waals surface area contributed by atoms with E-state index in [4.69, 9.17) is 0 Å². The Morgan fingerprint density at radius 1 is 1.12 bits per heavy atom. The van der Waals surface area contributed by atoms with Crippen molar-refractivity contribution in [2.75, 3.05) is 18.0 Å². The Bertz CT molecular complexity index is 1100. The molecule has 2 aromatic rings. The van der Waals surface area contributed by atoms with Crippen molar-refractivity contribution in [2.24, 2.45) is 0 Å². The van der Waals surface area contributed by atoms with Crippen LogP contribution in [-0.2, 0) is 32.6 Å². The first-order valence-electron chi connectivity index (χ1n) is 11.0. The summed E-state index contributed by atoms with van der Waals surface area (Å²) < 4.78 is 27.9. The van der Waals surface area contributed by atoms with E-state index in [-0.39, 0.29) is 23.1 Å². The molecule has 1 aromatic heterocycles. The van der Waals surface area contributed by atoms with Crippen LogP contribution in [0, 0.1) is 0 Å². The zero-order chi connectivity index (χ0) is 22.7. The highest BCUT2D eigenvalue weighted by molar-refractivity contribution is 7.89. The second-order valence-electron chi connectivity index (χ2n) is 8.30. The maximum atomic E-state index is 13.2. The van der Waals surface area contributed by atoms with Crippen LogP contribution in [0.2, 0.25) is 0 Å². The highest BCUT2D eigenvalue weighted by Gasteiger charge is 2.38. The molecule has 0 unspecified atom stereocenters.